The van der Waals surface area contributed by atoms with E-state index in [9.17, 15) is 20.1 Å². The van der Waals surface area contributed by atoms with Crippen LogP contribution in [0.25, 0.3) is 22.3 Å². The SMILES string of the molecule is COc1ccc(-c2cc(=O)c3c(OC)c([C@@H]4OC[C@H](O)[C@@H](O)[C@H]4O)c(OC)cc3o2)cc1OC. The molecule has 1 aromatic heterocycles. The molecule has 1 saturated heterocycles. The molecular formula is C24H26O10. The van der Waals surface area contributed by atoms with Gasteiger partial charge in [0.05, 0.1) is 40.6 Å². The summed E-state index contributed by atoms with van der Waals surface area (Å²) in [6, 6.07) is 7.92. The van der Waals surface area contributed by atoms with Crippen LogP contribution >= 0.6 is 0 Å². The standard InChI is InChI=1S/C24H26O10/c1-29-14-6-5-11(7-16(14)30-2)15-8-12(25)19-18(34-15)9-17(31-3)20(23(19)32-4)24-22(28)21(27)13(26)10-33-24/h5-9,13,21-22,24,26-28H,10H2,1-4H3/t13-,21+,22+,24-/m0/s1. The van der Waals surface area contributed by atoms with Gasteiger partial charge in [0.25, 0.3) is 0 Å². The Balaban J connectivity index is 1.91. The number of benzene rings is 2. The predicted molar refractivity (Wildman–Crippen MR) is 121 cm³/mol. The highest BCUT2D eigenvalue weighted by atomic mass is 16.5. The number of hydrogen-bond donors (Lipinski definition) is 3. The minimum absolute atomic E-state index is 0.0783. The maximum Gasteiger partial charge on any atom is 0.197 e. The number of rotatable bonds is 6. The van der Waals surface area contributed by atoms with Crippen molar-refractivity contribution < 1.29 is 43.4 Å². The fourth-order valence-corrected chi connectivity index (χ4v) is 4.12. The van der Waals surface area contributed by atoms with Gasteiger partial charge in [-0.05, 0) is 18.2 Å². The van der Waals surface area contributed by atoms with Crippen molar-refractivity contribution >= 4 is 11.0 Å². The Morgan fingerprint density at radius 1 is 0.853 bits per heavy atom. The van der Waals surface area contributed by atoms with Crippen LogP contribution in [0.15, 0.2) is 39.5 Å². The number of hydrogen-bond acceptors (Lipinski definition) is 10. The molecule has 0 saturated carbocycles. The molecule has 0 amide bonds. The van der Waals surface area contributed by atoms with E-state index in [1.165, 1.54) is 40.6 Å². The zero-order valence-corrected chi connectivity index (χ0v) is 19.1. The van der Waals surface area contributed by atoms with Crippen LogP contribution in [0.2, 0.25) is 0 Å². The van der Waals surface area contributed by atoms with Gasteiger partial charge in [0.15, 0.2) is 16.9 Å². The van der Waals surface area contributed by atoms with Gasteiger partial charge in [-0.15, -0.1) is 0 Å². The molecule has 0 aliphatic carbocycles. The molecule has 3 aromatic rings. The molecule has 1 aliphatic rings. The molecule has 0 unspecified atom stereocenters. The number of ether oxygens (including phenoxy) is 5. The molecule has 182 valence electrons. The van der Waals surface area contributed by atoms with Crippen LogP contribution in [-0.2, 0) is 4.74 Å². The molecule has 0 bridgehead atoms. The van der Waals surface area contributed by atoms with E-state index in [0.717, 1.165) is 0 Å². The molecule has 1 fully saturated rings. The zero-order chi connectivity index (χ0) is 24.6. The maximum absolute atomic E-state index is 13.2. The van der Waals surface area contributed by atoms with E-state index in [2.05, 4.69) is 0 Å². The van der Waals surface area contributed by atoms with E-state index in [4.69, 9.17) is 28.1 Å². The van der Waals surface area contributed by atoms with Crippen molar-refractivity contribution in [1.29, 1.82) is 0 Å². The van der Waals surface area contributed by atoms with Crippen LogP contribution in [0.5, 0.6) is 23.0 Å². The lowest BCUT2D eigenvalue weighted by Gasteiger charge is -2.36. The summed E-state index contributed by atoms with van der Waals surface area (Å²) < 4.78 is 33.3. The van der Waals surface area contributed by atoms with E-state index in [1.54, 1.807) is 18.2 Å². The quantitative estimate of drug-likeness (QED) is 0.484. The van der Waals surface area contributed by atoms with Gasteiger partial charge in [-0.25, -0.2) is 0 Å². The van der Waals surface area contributed by atoms with Gasteiger partial charge in [0.2, 0.25) is 0 Å². The summed E-state index contributed by atoms with van der Waals surface area (Å²) in [5, 5.41) is 30.6. The molecule has 4 atom stereocenters. The summed E-state index contributed by atoms with van der Waals surface area (Å²) in [6.07, 6.45) is -5.30. The summed E-state index contributed by atoms with van der Waals surface area (Å²) in [5.74, 6) is 1.57. The molecule has 10 heteroatoms. The minimum Gasteiger partial charge on any atom is -0.496 e. The van der Waals surface area contributed by atoms with Crippen molar-refractivity contribution in [3.63, 3.8) is 0 Å². The first kappa shape index (κ1) is 23.8. The zero-order valence-electron chi connectivity index (χ0n) is 19.1. The van der Waals surface area contributed by atoms with Crippen LogP contribution in [0, 0.1) is 0 Å². The fourth-order valence-electron chi connectivity index (χ4n) is 4.12. The fraction of sp³-hybridized carbons (Fsp3) is 0.375. The van der Waals surface area contributed by atoms with Crippen molar-refractivity contribution in [3.05, 3.63) is 46.1 Å². The summed E-state index contributed by atoms with van der Waals surface area (Å²) >= 11 is 0. The molecule has 3 N–H and O–H groups in total. The van der Waals surface area contributed by atoms with Crippen LogP contribution in [0.4, 0.5) is 0 Å². The Labute approximate surface area is 194 Å². The van der Waals surface area contributed by atoms with Crippen LogP contribution in [-0.4, -0.2) is 68.7 Å². The Morgan fingerprint density at radius 2 is 1.56 bits per heavy atom. The minimum atomic E-state index is -1.48. The van der Waals surface area contributed by atoms with Gasteiger partial charge < -0.3 is 43.4 Å². The first-order valence-electron chi connectivity index (χ1n) is 10.5. The Kier molecular flexibility index (Phi) is 6.67. The Hall–Kier alpha value is -3.31. The second kappa shape index (κ2) is 9.51. The van der Waals surface area contributed by atoms with Crippen molar-refractivity contribution in [2.24, 2.45) is 0 Å². The van der Waals surface area contributed by atoms with Gasteiger partial charge in [0.1, 0.15) is 52.6 Å². The van der Waals surface area contributed by atoms with Gasteiger partial charge in [0, 0.05) is 17.7 Å². The van der Waals surface area contributed by atoms with E-state index < -0.39 is 29.8 Å². The summed E-state index contributed by atoms with van der Waals surface area (Å²) in [7, 11) is 5.80. The van der Waals surface area contributed by atoms with E-state index in [1.807, 2.05) is 0 Å². The third-order valence-electron chi connectivity index (χ3n) is 5.85. The van der Waals surface area contributed by atoms with Gasteiger partial charge in [-0.3, -0.25) is 4.79 Å². The summed E-state index contributed by atoms with van der Waals surface area (Å²) in [5.41, 5.74) is 0.585. The largest absolute Gasteiger partial charge is 0.496 e. The highest BCUT2D eigenvalue weighted by Gasteiger charge is 2.41. The average Bonchev–Trinajstić information content (AvgIpc) is 2.85. The number of aliphatic hydroxyl groups excluding tert-OH is 3. The van der Waals surface area contributed by atoms with Crippen LogP contribution in [0.3, 0.4) is 0 Å². The summed E-state index contributed by atoms with van der Waals surface area (Å²) in [6.45, 7) is -0.222. The van der Waals surface area contributed by atoms with Crippen LogP contribution in [0.1, 0.15) is 11.7 Å². The monoisotopic (exact) mass is 474 g/mol. The third kappa shape index (κ3) is 3.94. The van der Waals surface area contributed by atoms with Gasteiger partial charge in [-0.2, -0.15) is 0 Å². The van der Waals surface area contributed by atoms with Gasteiger partial charge >= 0.3 is 0 Å². The smallest absolute Gasteiger partial charge is 0.197 e. The molecular weight excluding hydrogens is 448 g/mol. The second-order valence-electron chi connectivity index (χ2n) is 7.75. The van der Waals surface area contributed by atoms with Crippen molar-refractivity contribution in [2.75, 3.05) is 35.0 Å². The first-order chi connectivity index (χ1) is 16.3. The lowest BCUT2D eigenvalue weighted by Crippen LogP contribution is -2.49. The molecule has 2 aromatic carbocycles. The average molecular weight is 474 g/mol. The molecule has 34 heavy (non-hydrogen) atoms. The number of fused-ring (bicyclic) bond motifs is 1. The topological polar surface area (TPSA) is 137 Å². The maximum atomic E-state index is 13.2. The van der Waals surface area contributed by atoms with E-state index in [-0.39, 0.29) is 40.4 Å². The van der Waals surface area contributed by atoms with Crippen molar-refractivity contribution in [3.8, 4) is 34.3 Å². The summed E-state index contributed by atoms with van der Waals surface area (Å²) in [4.78, 5) is 13.2. The highest BCUT2D eigenvalue weighted by Crippen LogP contribution is 2.44. The lowest BCUT2D eigenvalue weighted by atomic mass is 9.92. The molecule has 4 rings (SSSR count). The molecule has 10 nitrogen and oxygen atoms in total. The number of methoxy groups -OCH3 is 4. The normalized spacial score (nSPS) is 22.4. The van der Waals surface area contributed by atoms with Crippen molar-refractivity contribution in [1.82, 2.24) is 0 Å². The lowest BCUT2D eigenvalue weighted by molar-refractivity contribution is -0.189. The molecule has 0 radical (unpaired) electrons. The van der Waals surface area contributed by atoms with E-state index >= 15 is 0 Å². The van der Waals surface area contributed by atoms with Crippen molar-refractivity contribution in [2.45, 2.75) is 24.4 Å². The molecule has 2 heterocycles. The predicted octanol–water partition coefficient (Wildman–Crippen LogP) is 1.65. The Morgan fingerprint density at radius 3 is 2.21 bits per heavy atom. The van der Waals surface area contributed by atoms with Gasteiger partial charge in [-0.1, -0.05) is 0 Å². The molecule has 0 spiro atoms. The van der Waals surface area contributed by atoms with E-state index in [0.29, 0.717) is 17.1 Å². The number of aliphatic hydroxyl groups is 3. The third-order valence-corrected chi connectivity index (χ3v) is 5.85. The highest BCUT2D eigenvalue weighted by molar-refractivity contribution is 5.88. The first-order valence-corrected chi connectivity index (χ1v) is 10.5. The van der Waals surface area contributed by atoms with Crippen LogP contribution < -0.4 is 24.4 Å². The molecule has 1 aliphatic heterocycles. The second-order valence-corrected chi connectivity index (χ2v) is 7.75. The Bertz CT molecular complexity index is 1250.